The first-order chi connectivity index (χ1) is 8.66. The number of carboxylic acids is 1. The molecule has 0 fully saturated rings. The van der Waals surface area contributed by atoms with Gasteiger partial charge in [0.2, 0.25) is 0 Å². The summed E-state index contributed by atoms with van der Waals surface area (Å²) in [7, 11) is 0. The Morgan fingerprint density at radius 1 is 1.28 bits per heavy atom. The first kappa shape index (κ1) is 13.1. The number of halogens is 1. The van der Waals surface area contributed by atoms with Gasteiger partial charge in [0.25, 0.3) is 0 Å². The number of hydrogen-bond acceptors (Lipinski definition) is 3. The van der Waals surface area contributed by atoms with Crippen LogP contribution in [-0.4, -0.2) is 16.1 Å². The van der Waals surface area contributed by atoms with Crippen LogP contribution in [0.4, 0.5) is 0 Å². The fraction of sp³-hybridized carbons (Fsp3) is 0.0769. The van der Waals surface area contributed by atoms with Crippen molar-refractivity contribution in [3.05, 3.63) is 58.3 Å². The quantitative estimate of drug-likeness (QED) is 0.868. The molecule has 0 bridgehead atoms. The molecule has 0 saturated heterocycles. The van der Waals surface area contributed by atoms with E-state index in [1.165, 1.54) is 0 Å². The van der Waals surface area contributed by atoms with E-state index < -0.39 is 5.97 Å². The second-order valence-corrected chi connectivity index (χ2v) is 5.49. The van der Waals surface area contributed by atoms with Crippen molar-refractivity contribution in [1.82, 2.24) is 4.98 Å². The SMILES string of the molecule is O=C(O)c1cc(SCc2ccncc2)ccc1Br. The van der Waals surface area contributed by atoms with Crippen molar-refractivity contribution in [2.45, 2.75) is 10.6 Å². The summed E-state index contributed by atoms with van der Waals surface area (Å²) < 4.78 is 0.600. The van der Waals surface area contributed by atoms with Gasteiger partial charge in [-0.3, -0.25) is 4.98 Å². The Labute approximate surface area is 117 Å². The number of hydrogen-bond donors (Lipinski definition) is 1. The Balaban J connectivity index is 2.11. The van der Waals surface area contributed by atoms with E-state index in [1.54, 1.807) is 36.3 Å². The third-order valence-electron chi connectivity index (χ3n) is 2.32. The van der Waals surface area contributed by atoms with Crippen molar-refractivity contribution < 1.29 is 9.90 Å². The van der Waals surface area contributed by atoms with Gasteiger partial charge in [-0.1, -0.05) is 0 Å². The van der Waals surface area contributed by atoms with Crippen LogP contribution in [0.25, 0.3) is 0 Å². The molecule has 0 atom stereocenters. The zero-order chi connectivity index (χ0) is 13.0. The summed E-state index contributed by atoms with van der Waals surface area (Å²) in [6.07, 6.45) is 3.50. The summed E-state index contributed by atoms with van der Waals surface area (Å²) in [5.41, 5.74) is 1.45. The molecule has 0 unspecified atom stereocenters. The normalized spacial score (nSPS) is 10.3. The molecule has 3 nitrogen and oxygen atoms in total. The van der Waals surface area contributed by atoms with Crippen LogP contribution >= 0.6 is 27.7 Å². The number of aromatic nitrogens is 1. The molecule has 2 rings (SSSR count). The van der Waals surface area contributed by atoms with Crippen LogP contribution in [0.2, 0.25) is 0 Å². The average molecular weight is 324 g/mol. The molecule has 2 aromatic rings. The minimum Gasteiger partial charge on any atom is -0.478 e. The number of benzene rings is 1. The average Bonchev–Trinajstić information content (AvgIpc) is 2.38. The molecule has 0 aliphatic rings. The molecule has 18 heavy (non-hydrogen) atoms. The standard InChI is InChI=1S/C13H10BrNO2S/c14-12-2-1-10(7-11(12)13(16)17)18-8-9-3-5-15-6-4-9/h1-7H,8H2,(H,16,17). The molecular weight excluding hydrogens is 314 g/mol. The molecule has 0 radical (unpaired) electrons. The van der Waals surface area contributed by atoms with Crippen LogP contribution < -0.4 is 0 Å². The number of rotatable bonds is 4. The summed E-state index contributed by atoms with van der Waals surface area (Å²) in [6, 6.07) is 9.24. The lowest BCUT2D eigenvalue weighted by Gasteiger charge is -2.04. The molecule has 0 amide bonds. The number of thioether (sulfide) groups is 1. The Morgan fingerprint density at radius 2 is 2.00 bits per heavy atom. The maximum Gasteiger partial charge on any atom is 0.336 e. The summed E-state index contributed by atoms with van der Waals surface area (Å²) in [5, 5.41) is 9.03. The summed E-state index contributed by atoms with van der Waals surface area (Å²) in [5.74, 6) is -0.128. The van der Waals surface area contributed by atoms with Crippen LogP contribution in [0.3, 0.4) is 0 Å². The molecule has 1 heterocycles. The van der Waals surface area contributed by atoms with Crippen molar-refractivity contribution in [2.24, 2.45) is 0 Å². The smallest absolute Gasteiger partial charge is 0.336 e. The van der Waals surface area contributed by atoms with Gasteiger partial charge in [-0.15, -0.1) is 11.8 Å². The van der Waals surface area contributed by atoms with Crippen LogP contribution in [0, 0.1) is 0 Å². The fourth-order valence-corrected chi connectivity index (χ4v) is 2.71. The maximum absolute atomic E-state index is 11.0. The monoisotopic (exact) mass is 323 g/mol. The van der Waals surface area contributed by atoms with E-state index in [0.717, 1.165) is 16.2 Å². The Morgan fingerprint density at radius 3 is 2.67 bits per heavy atom. The maximum atomic E-state index is 11.0. The van der Waals surface area contributed by atoms with E-state index in [-0.39, 0.29) is 5.56 Å². The van der Waals surface area contributed by atoms with E-state index in [1.807, 2.05) is 18.2 Å². The molecule has 1 aromatic carbocycles. The van der Waals surface area contributed by atoms with Gasteiger partial charge in [0.05, 0.1) is 5.56 Å². The second kappa shape index (κ2) is 6.02. The number of aromatic carboxylic acids is 1. The predicted octanol–water partition coefficient (Wildman–Crippen LogP) is 3.83. The molecule has 1 N–H and O–H groups in total. The summed E-state index contributed by atoms with van der Waals surface area (Å²) in [4.78, 5) is 15.9. The van der Waals surface area contributed by atoms with E-state index in [0.29, 0.717) is 4.47 Å². The zero-order valence-corrected chi connectivity index (χ0v) is 11.7. The lowest BCUT2D eigenvalue weighted by molar-refractivity contribution is 0.0695. The Bertz CT molecular complexity index is 560. The van der Waals surface area contributed by atoms with E-state index in [9.17, 15) is 4.79 Å². The molecule has 0 aliphatic heterocycles. The molecule has 92 valence electrons. The van der Waals surface area contributed by atoms with Gasteiger partial charge in [0, 0.05) is 27.5 Å². The van der Waals surface area contributed by atoms with Crippen LogP contribution in [0.5, 0.6) is 0 Å². The number of nitrogens with zero attached hydrogens (tertiary/aromatic N) is 1. The van der Waals surface area contributed by atoms with E-state index in [4.69, 9.17) is 5.11 Å². The third-order valence-corrected chi connectivity index (χ3v) is 4.08. The molecule has 0 spiro atoms. The van der Waals surface area contributed by atoms with Crippen molar-refractivity contribution in [2.75, 3.05) is 0 Å². The van der Waals surface area contributed by atoms with Gasteiger partial charge in [-0.05, 0) is 51.8 Å². The van der Waals surface area contributed by atoms with Crippen LogP contribution in [-0.2, 0) is 5.75 Å². The van der Waals surface area contributed by atoms with E-state index in [2.05, 4.69) is 20.9 Å². The summed E-state index contributed by atoms with van der Waals surface area (Å²) in [6.45, 7) is 0. The topological polar surface area (TPSA) is 50.2 Å². The largest absolute Gasteiger partial charge is 0.478 e. The zero-order valence-electron chi connectivity index (χ0n) is 9.34. The van der Waals surface area contributed by atoms with Crippen LogP contribution in [0.15, 0.2) is 52.1 Å². The Kier molecular flexibility index (Phi) is 4.38. The fourth-order valence-electron chi connectivity index (χ4n) is 1.40. The van der Waals surface area contributed by atoms with Crippen molar-refractivity contribution in [3.63, 3.8) is 0 Å². The third kappa shape index (κ3) is 3.34. The minimum atomic E-state index is -0.923. The predicted molar refractivity (Wildman–Crippen MR) is 74.9 cm³/mol. The molecule has 0 saturated carbocycles. The highest BCUT2D eigenvalue weighted by molar-refractivity contribution is 9.10. The minimum absolute atomic E-state index is 0.287. The van der Waals surface area contributed by atoms with Gasteiger partial charge in [-0.2, -0.15) is 0 Å². The van der Waals surface area contributed by atoms with Gasteiger partial charge < -0.3 is 5.11 Å². The molecule has 1 aromatic heterocycles. The van der Waals surface area contributed by atoms with Gasteiger partial charge >= 0.3 is 5.97 Å². The molecule has 5 heteroatoms. The molecular formula is C13H10BrNO2S. The van der Waals surface area contributed by atoms with E-state index >= 15 is 0 Å². The van der Waals surface area contributed by atoms with Crippen LogP contribution in [0.1, 0.15) is 15.9 Å². The number of carboxylic acid groups (broad SMARTS) is 1. The van der Waals surface area contributed by atoms with Gasteiger partial charge in [0.15, 0.2) is 0 Å². The summed E-state index contributed by atoms with van der Waals surface area (Å²) >= 11 is 4.83. The first-order valence-corrected chi connectivity index (χ1v) is 6.99. The van der Waals surface area contributed by atoms with Crippen molar-refractivity contribution >= 4 is 33.7 Å². The number of carbonyl (C=O) groups is 1. The number of pyridine rings is 1. The Hall–Kier alpha value is -1.33. The second-order valence-electron chi connectivity index (χ2n) is 3.59. The highest BCUT2D eigenvalue weighted by Gasteiger charge is 2.09. The lowest BCUT2D eigenvalue weighted by atomic mass is 10.2. The highest BCUT2D eigenvalue weighted by atomic mass is 79.9. The lowest BCUT2D eigenvalue weighted by Crippen LogP contribution is -1.97. The molecule has 0 aliphatic carbocycles. The first-order valence-electron chi connectivity index (χ1n) is 5.21. The van der Waals surface area contributed by atoms with Gasteiger partial charge in [-0.25, -0.2) is 4.79 Å². The van der Waals surface area contributed by atoms with Crippen molar-refractivity contribution in [3.8, 4) is 0 Å². The highest BCUT2D eigenvalue weighted by Crippen LogP contribution is 2.27. The van der Waals surface area contributed by atoms with Crippen molar-refractivity contribution in [1.29, 1.82) is 0 Å². The van der Waals surface area contributed by atoms with Gasteiger partial charge in [0.1, 0.15) is 0 Å².